The van der Waals surface area contributed by atoms with Crippen molar-refractivity contribution in [2.24, 2.45) is 63.1 Å². The molecular weight excluding hydrogens is 420 g/mol. The van der Waals surface area contributed by atoms with E-state index in [9.17, 15) is 15.0 Å². The summed E-state index contributed by atoms with van der Waals surface area (Å²) in [6, 6.07) is 0. The van der Waals surface area contributed by atoms with Gasteiger partial charge in [-0.1, -0.05) is 74.7 Å². The van der Waals surface area contributed by atoms with Crippen LogP contribution in [0.2, 0.25) is 0 Å². The Bertz CT molecular complexity index is 773. The SMILES string of the molecule is CC(C)CCC[C@@H](C)[C@H]1CC[C@@]2(C)C3CC[C@H]4C(C)(C)C(O)CC(C(=O)O)[C@]4(C)C3CC[C@]12C. The van der Waals surface area contributed by atoms with Gasteiger partial charge in [0.05, 0.1) is 12.0 Å². The molecule has 4 saturated carbocycles. The minimum Gasteiger partial charge on any atom is -0.481 e. The number of aliphatic hydroxyl groups excluding tert-OH is 1. The van der Waals surface area contributed by atoms with Gasteiger partial charge in [0.25, 0.3) is 0 Å². The molecule has 4 unspecified atom stereocenters. The number of aliphatic hydroxyl groups is 1. The Hall–Kier alpha value is -0.570. The molecule has 0 aromatic heterocycles. The van der Waals surface area contributed by atoms with Crippen LogP contribution in [0.5, 0.6) is 0 Å². The molecule has 4 fully saturated rings. The van der Waals surface area contributed by atoms with Crippen LogP contribution in [0.1, 0.15) is 120 Å². The highest BCUT2D eigenvalue weighted by molar-refractivity contribution is 5.71. The highest BCUT2D eigenvalue weighted by atomic mass is 16.4. The van der Waals surface area contributed by atoms with Gasteiger partial charge in [-0.15, -0.1) is 0 Å². The fraction of sp³-hybridized carbons (Fsp3) is 0.968. The Morgan fingerprint density at radius 1 is 0.882 bits per heavy atom. The van der Waals surface area contributed by atoms with Crippen LogP contribution in [0.4, 0.5) is 0 Å². The van der Waals surface area contributed by atoms with Gasteiger partial charge in [-0.25, -0.2) is 0 Å². The van der Waals surface area contributed by atoms with E-state index >= 15 is 0 Å². The number of rotatable bonds is 6. The number of fused-ring (bicyclic) bond motifs is 5. The van der Waals surface area contributed by atoms with Crippen molar-refractivity contribution >= 4 is 5.97 Å². The van der Waals surface area contributed by atoms with E-state index in [0.717, 1.165) is 24.2 Å². The summed E-state index contributed by atoms with van der Waals surface area (Å²) in [5.41, 5.74) is 0.250. The first-order valence-electron chi connectivity index (χ1n) is 14.6. The van der Waals surface area contributed by atoms with Crippen molar-refractivity contribution in [3.63, 3.8) is 0 Å². The van der Waals surface area contributed by atoms with Gasteiger partial charge in [0.1, 0.15) is 0 Å². The fourth-order valence-corrected chi connectivity index (χ4v) is 10.9. The Kier molecular flexibility index (Phi) is 6.84. The second-order valence-electron chi connectivity index (χ2n) is 15.0. The number of carboxylic acid groups (broad SMARTS) is 1. The van der Waals surface area contributed by atoms with E-state index < -0.39 is 18.0 Å². The van der Waals surface area contributed by atoms with Gasteiger partial charge < -0.3 is 10.2 Å². The second-order valence-corrected chi connectivity index (χ2v) is 15.0. The normalized spacial score (nSPS) is 48.6. The number of carboxylic acids is 1. The molecule has 34 heavy (non-hydrogen) atoms. The van der Waals surface area contributed by atoms with Crippen LogP contribution < -0.4 is 0 Å². The van der Waals surface area contributed by atoms with Crippen LogP contribution in [0, 0.1) is 63.1 Å². The van der Waals surface area contributed by atoms with Crippen molar-refractivity contribution in [3.8, 4) is 0 Å². The number of hydrogen-bond donors (Lipinski definition) is 2. The maximum Gasteiger partial charge on any atom is 0.307 e. The quantitative estimate of drug-likeness (QED) is 0.413. The summed E-state index contributed by atoms with van der Waals surface area (Å²) in [6.45, 7) is 19.2. The number of aliphatic carboxylic acids is 1. The van der Waals surface area contributed by atoms with E-state index in [4.69, 9.17) is 0 Å². The predicted molar refractivity (Wildman–Crippen MR) is 139 cm³/mol. The molecule has 0 heterocycles. The van der Waals surface area contributed by atoms with Crippen LogP contribution >= 0.6 is 0 Å². The zero-order valence-electron chi connectivity index (χ0n) is 23.5. The monoisotopic (exact) mass is 474 g/mol. The average molecular weight is 475 g/mol. The molecule has 0 amide bonds. The maximum absolute atomic E-state index is 12.6. The molecule has 2 N–H and O–H groups in total. The molecule has 0 spiro atoms. The highest BCUT2D eigenvalue weighted by Gasteiger charge is 2.70. The Balaban J connectivity index is 1.63. The molecule has 0 aromatic rings. The molecule has 196 valence electrons. The molecule has 3 heteroatoms. The first-order chi connectivity index (χ1) is 15.7. The Morgan fingerprint density at radius 2 is 1.53 bits per heavy atom. The molecule has 0 aromatic carbocycles. The maximum atomic E-state index is 12.6. The van der Waals surface area contributed by atoms with E-state index in [1.165, 1.54) is 51.4 Å². The Morgan fingerprint density at radius 3 is 2.15 bits per heavy atom. The topological polar surface area (TPSA) is 57.5 Å². The summed E-state index contributed by atoms with van der Waals surface area (Å²) < 4.78 is 0. The van der Waals surface area contributed by atoms with E-state index in [1.54, 1.807) is 0 Å². The minimum atomic E-state index is -0.677. The van der Waals surface area contributed by atoms with Gasteiger partial charge in [0.2, 0.25) is 0 Å². The van der Waals surface area contributed by atoms with Crippen molar-refractivity contribution in [3.05, 3.63) is 0 Å². The molecule has 0 bridgehead atoms. The number of carbonyl (C=O) groups is 1. The molecule has 4 aliphatic rings. The summed E-state index contributed by atoms with van der Waals surface area (Å²) >= 11 is 0. The minimum absolute atomic E-state index is 0.212. The Labute approximate surface area is 209 Å². The lowest BCUT2D eigenvalue weighted by Gasteiger charge is -2.68. The van der Waals surface area contributed by atoms with E-state index in [1.807, 2.05) is 0 Å². The largest absolute Gasteiger partial charge is 0.481 e. The average Bonchev–Trinajstić information content (AvgIpc) is 3.02. The molecule has 0 aliphatic heterocycles. The lowest BCUT2D eigenvalue weighted by Crippen LogP contribution is -2.65. The van der Waals surface area contributed by atoms with Gasteiger partial charge in [-0.05, 0) is 102 Å². The number of hydrogen-bond acceptors (Lipinski definition) is 2. The highest BCUT2D eigenvalue weighted by Crippen LogP contribution is 2.75. The molecule has 4 rings (SSSR count). The van der Waals surface area contributed by atoms with Crippen LogP contribution in [0.3, 0.4) is 0 Å². The van der Waals surface area contributed by atoms with E-state index in [-0.39, 0.29) is 16.7 Å². The molecule has 4 aliphatic carbocycles. The van der Waals surface area contributed by atoms with Gasteiger partial charge in [0.15, 0.2) is 0 Å². The molecule has 0 saturated heterocycles. The third-order valence-electron chi connectivity index (χ3n) is 13.1. The lowest BCUT2D eigenvalue weighted by atomic mass is 9.36. The summed E-state index contributed by atoms with van der Waals surface area (Å²) in [7, 11) is 0. The molecule has 10 atom stereocenters. The van der Waals surface area contributed by atoms with E-state index in [0.29, 0.717) is 29.1 Å². The standard InChI is InChI=1S/C31H54O3/c1-19(2)10-9-11-20(3)21-14-16-30(7)22-12-13-25-28(4,5)26(32)18-24(27(33)34)31(25,8)23(22)15-17-29(21,30)6/h19-26,32H,9-18H2,1-8H3,(H,33,34)/t20-,21-,22?,23?,24?,25+,26?,29-,30+,31+/m1/s1. The molecule has 0 radical (unpaired) electrons. The first kappa shape index (κ1) is 26.5. The van der Waals surface area contributed by atoms with Gasteiger partial charge in [-0.2, -0.15) is 0 Å². The zero-order chi connectivity index (χ0) is 25.3. The zero-order valence-corrected chi connectivity index (χ0v) is 23.5. The first-order valence-corrected chi connectivity index (χ1v) is 14.6. The third kappa shape index (κ3) is 3.64. The van der Waals surface area contributed by atoms with Crippen molar-refractivity contribution < 1.29 is 15.0 Å². The van der Waals surface area contributed by atoms with Crippen molar-refractivity contribution in [1.29, 1.82) is 0 Å². The van der Waals surface area contributed by atoms with Crippen molar-refractivity contribution in [2.45, 2.75) is 126 Å². The third-order valence-corrected chi connectivity index (χ3v) is 13.1. The van der Waals surface area contributed by atoms with Crippen molar-refractivity contribution in [1.82, 2.24) is 0 Å². The lowest BCUT2D eigenvalue weighted by molar-refractivity contribution is -0.227. The fourth-order valence-electron chi connectivity index (χ4n) is 10.9. The van der Waals surface area contributed by atoms with Gasteiger partial charge >= 0.3 is 5.97 Å². The summed E-state index contributed by atoms with van der Waals surface area (Å²) in [6.07, 6.45) is 11.3. The van der Waals surface area contributed by atoms with Crippen LogP contribution in [0.25, 0.3) is 0 Å². The van der Waals surface area contributed by atoms with Crippen LogP contribution in [-0.2, 0) is 4.79 Å². The second kappa shape index (κ2) is 8.77. The molecular formula is C31H54O3. The van der Waals surface area contributed by atoms with Crippen LogP contribution in [-0.4, -0.2) is 22.3 Å². The van der Waals surface area contributed by atoms with Gasteiger partial charge in [0, 0.05) is 0 Å². The predicted octanol–water partition coefficient (Wildman–Crippen LogP) is 7.81. The molecule has 3 nitrogen and oxygen atoms in total. The van der Waals surface area contributed by atoms with Gasteiger partial charge in [-0.3, -0.25) is 4.79 Å². The van der Waals surface area contributed by atoms with E-state index in [2.05, 4.69) is 55.4 Å². The summed E-state index contributed by atoms with van der Waals surface area (Å²) in [4.78, 5) is 12.6. The smallest absolute Gasteiger partial charge is 0.307 e. The summed E-state index contributed by atoms with van der Waals surface area (Å²) in [5, 5.41) is 21.3. The van der Waals surface area contributed by atoms with Crippen LogP contribution in [0.15, 0.2) is 0 Å². The van der Waals surface area contributed by atoms with Crippen molar-refractivity contribution in [2.75, 3.05) is 0 Å². The summed E-state index contributed by atoms with van der Waals surface area (Å²) in [5.74, 6) is 2.65.